The van der Waals surface area contributed by atoms with Crippen LogP contribution < -0.4 is 5.32 Å². The van der Waals surface area contributed by atoms with Crippen LogP contribution in [0.1, 0.15) is 22.0 Å². The molecule has 1 aliphatic rings. The van der Waals surface area contributed by atoms with Gasteiger partial charge in [0.1, 0.15) is 6.10 Å². The van der Waals surface area contributed by atoms with Gasteiger partial charge in [-0.05, 0) is 29.8 Å². The van der Waals surface area contributed by atoms with E-state index >= 15 is 0 Å². The number of allylic oxidation sites excluding steroid dienone is 1. The molecule has 0 aromatic heterocycles. The van der Waals surface area contributed by atoms with Gasteiger partial charge in [-0.2, -0.15) is 0 Å². The number of carbonyl (C=O) groups is 1. The standard InChI is InChI=1S/C17H14BrNO2/c18-14-8-6-12(7-9-14)15(20)10-17-19-11-16(21-17)13-4-2-1-3-5-13/h1-10,16,19H,11H2/b17-10+. The molecule has 0 radical (unpaired) electrons. The van der Waals surface area contributed by atoms with Crippen molar-refractivity contribution >= 4 is 21.7 Å². The van der Waals surface area contributed by atoms with E-state index in [-0.39, 0.29) is 11.9 Å². The Labute approximate surface area is 131 Å². The Bertz CT molecular complexity index is 665. The van der Waals surface area contributed by atoms with Crippen LogP contribution in [0.15, 0.2) is 71.0 Å². The van der Waals surface area contributed by atoms with Crippen LogP contribution in [0, 0.1) is 0 Å². The molecule has 0 saturated carbocycles. The molecule has 106 valence electrons. The average Bonchev–Trinajstić information content (AvgIpc) is 2.97. The van der Waals surface area contributed by atoms with Crippen molar-refractivity contribution < 1.29 is 9.53 Å². The number of ether oxygens (including phenoxy) is 1. The van der Waals surface area contributed by atoms with Gasteiger partial charge in [-0.25, -0.2) is 0 Å². The van der Waals surface area contributed by atoms with Gasteiger partial charge in [0.25, 0.3) is 0 Å². The molecule has 1 unspecified atom stereocenters. The van der Waals surface area contributed by atoms with E-state index in [1.165, 1.54) is 6.08 Å². The summed E-state index contributed by atoms with van der Waals surface area (Å²) in [5, 5.41) is 3.13. The molecule has 1 fully saturated rings. The quantitative estimate of drug-likeness (QED) is 0.679. The molecule has 1 atom stereocenters. The lowest BCUT2D eigenvalue weighted by atomic mass is 10.1. The fraction of sp³-hybridized carbons (Fsp3) is 0.118. The van der Waals surface area contributed by atoms with Gasteiger partial charge in [-0.15, -0.1) is 0 Å². The Morgan fingerprint density at radius 3 is 2.57 bits per heavy atom. The highest BCUT2D eigenvalue weighted by Gasteiger charge is 2.22. The molecule has 1 aliphatic heterocycles. The molecular weight excluding hydrogens is 330 g/mol. The maximum absolute atomic E-state index is 12.1. The van der Waals surface area contributed by atoms with E-state index in [1.807, 2.05) is 42.5 Å². The number of hydrogen-bond donors (Lipinski definition) is 1. The summed E-state index contributed by atoms with van der Waals surface area (Å²) in [5.74, 6) is 0.454. The zero-order valence-electron chi connectivity index (χ0n) is 11.3. The molecular formula is C17H14BrNO2. The molecule has 3 rings (SSSR count). The van der Waals surface area contributed by atoms with Crippen molar-refractivity contribution in [2.75, 3.05) is 6.54 Å². The van der Waals surface area contributed by atoms with E-state index in [9.17, 15) is 4.79 Å². The smallest absolute Gasteiger partial charge is 0.191 e. The summed E-state index contributed by atoms with van der Waals surface area (Å²) in [6, 6.07) is 17.2. The normalized spacial score (nSPS) is 19.1. The minimum Gasteiger partial charge on any atom is -0.469 e. The maximum Gasteiger partial charge on any atom is 0.191 e. The molecule has 1 N–H and O–H groups in total. The molecule has 2 aromatic rings. The van der Waals surface area contributed by atoms with Gasteiger partial charge in [0.05, 0.1) is 6.54 Å². The lowest BCUT2D eigenvalue weighted by Gasteiger charge is -2.08. The predicted octanol–water partition coefficient (Wildman–Crippen LogP) is 3.83. The first-order chi connectivity index (χ1) is 10.2. The van der Waals surface area contributed by atoms with Crippen molar-refractivity contribution in [1.82, 2.24) is 5.32 Å². The highest BCUT2D eigenvalue weighted by molar-refractivity contribution is 9.10. The Morgan fingerprint density at radius 2 is 1.86 bits per heavy atom. The Hall–Kier alpha value is -2.07. The van der Waals surface area contributed by atoms with Crippen LogP contribution in [-0.2, 0) is 4.74 Å². The minimum atomic E-state index is -0.0706. The zero-order valence-corrected chi connectivity index (χ0v) is 12.8. The van der Waals surface area contributed by atoms with Crippen molar-refractivity contribution in [2.45, 2.75) is 6.10 Å². The van der Waals surface area contributed by atoms with E-state index in [0.29, 0.717) is 18.0 Å². The van der Waals surface area contributed by atoms with Crippen molar-refractivity contribution in [3.8, 4) is 0 Å². The van der Waals surface area contributed by atoms with E-state index in [4.69, 9.17) is 4.74 Å². The van der Waals surface area contributed by atoms with Crippen LogP contribution in [0.2, 0.25) is 0 Å². The van der Waals surface area contributed by atoms with Gasteiger partial charge in [-0.3, -0.25) is 4.79 Å². The second-order valence-corrected chi connectivity index (χ2v) is 5.69. The molecule has 1 saturated heterocycles. The van der Waals surface area contributed by atoms with Crippen LogP contribution in [0.5, 0.6) is 0 Å². The molecule has 1 heterocycles. The van der Waals surface area contributed by atoms with Crippen LogP contribution in [0.4, 0.5) is 0 Å². The third kappa shape index (κ3) is 3.34. The van der Waals surface area contributed by atoms with Gasteiger partial charge in [0.2, 0.25) is 0 Å². The Kier molecular flexibility index (Phi) is 4.06. The topological polar surface area (TPSA) is 38.3 Å². The summed E-state index contributed by atoms with van der Waals surface area (Å²) in [4.78, 5) is 12.1. The fourth-order valence-corrected chi connectivity index (χ4v) is 2.45. The Balaban J connectivity index is 1.71. The second-order valence-electron chi connectivity index (χ2n) is 4.78. The molecule has 21 heavy (non-hydrogen) atoms. The van der Waals surface area contributed by atoms with Crippen molar-refractivity contribution in [2.24, 2.45) is 0 Å². The Morgan fingerprint density at radius 1 is 1.14 bits per heavy atom. The predicted molar refractivity (Wildman–Crippen MR) is 84.8 cm³/mol. The number of ketones is 1. The summed E-state index contributed by atoms with van der Waals surface area (Å²) >= 11 is 3.35. The summed E-state index contributed by atoms with van der Waals surface area (Å²) < 4.78 is 6.73. The van der Waals surface area contributed by atoms with Gasteiger partial charge >= 0.3 is 0 Å². The van der Waals surface area contributed by atoms with Crippen molar-refractivity contribution in [1.29, 1.82) is 0 Å². The zero-order chi connectivity index (χ0) is 14.7. The summed E-state index contributed by atoms with van der Waals surface area (Å²) in [7, 11) is 0. The highest BCUT2D eigenvalue weighted by Crippen LogP contribution is 2.24. The van der Waals surface area contributed by atoms with Crippen LogP contribution in [-0.4, -0.2) is 12.3 Å². The molecule has 3 nitrogen and oxygen atoms in total. The number of rotatable bonds is 3. The van der Waals surface area contributed by atoms with E-state index in [2.05, 4.69) is 21.2 Å². The highest BCUT2D eigenvalue weighted by atomic mass is 79.9. The van der Waals surface area contributed by atoms with Gasteiger partial charge in [0.15, 0.2) is 11.7 Å². The monoisotopic (exact) mass is 343 g/mol. The van der Waals surface area contributed by atoms with Crippen molar-refractivity contribution in [3.63, 3.8) is 0 Å². The number of hydrogen-bond acceptors (Lipinski definition) is 3. The van der Waals surface area contributed by atoms with E-state index in [1.54, 1.807) is 12.1 Å². The number of carbonyl (C=O) groups excluding carboxylic acids is 1. The molecule has 0 bridgehead atoms. The summed E-state index contributed by atoms with van der Waals surface area (Å²) in [6.07, 6.45) is 1.46. The molecule has 0 amide bonds. The lowest BCUT2D eigenvalue weighted by molar-refractivity contribution is 0.103. The fourth-order valence-electron chi connectivity index (χ4n) is 2.19. The first-order valence-electron chi connectivity index (χ1n) is 6.69. The number of benzene rings is 2. The third-order valence-corrected chi connectivity index (χ3v) is 3.82. The third-order valence-electron chi connectivity index (χ3n) is 3.29. The number of halogens is 1. The molecule has 2 aromatic carbocycles. The largest absolute Gasteiger partial charge is 0.469 e. The van der Waals surface area contributed by atoms with Crippen LogP contribution in [0.3, 0.4) is 0 Å². The molecule has 4 heteroatoms. The molecule has 0 spiro atoms. The average molecular weight is 344 g/mol. The lowest BCUT2D eigenvalue weighted by Crippen LogP contribution is -2.08. The van der Waals surface area contributed by atoms with E-state index in [0.717, 1.165) is 10.0 Å². The van der Waals surface area contributed by atoms with Crippen molar-refractivity contribution in [3.05, 3.63) is 82.2 Å². The second kappa shape index (κ2) is 6.14. The summed E-state index contributed by atoms with van der Waals surface area (Å²) in [5.41, 5.74) is 1.74. The maximum atomic E-state index is 12.1. The van der Waals surface area contributed by atoms with Gasteiger partial charge < -0.3 is 10.1 Å². The summed E-state index contributed by atoms with van der Waals surface area (Å²) in [6.45, 7) is 0.670. The first kappa shape index (κ1) is 13.9. The van der Waals surface area contributed by atoms with Crippen LogP contribution >= 0.6 is 15.9 Å². The number of nitrogens with one attached hydrogen (secondary N) is 1. The minimum absolute atomic E-state index is 0.0461. The van der Waals surface area contributed by atoms with Gasteiger partial charge in [0, 0.05) is 16.1 Å². The molecule has 0 aliphatic carbocycles. The van der Waals surface area contributed by atoms with Crippen LogP contribution in [0.25, 0.3) is 0 Å². The van der Waals surface area contributed by atoms with Gasteiger partial charge in [-0.1, -0.05) is 46.3 Å². The SMILES string of the molecule is O=C(/C=C1\NCC(c2ccccc2)O1)c1ccc(Br)cc1. The first-order valence-corrected chi connectivity index (χ1v) is 7.49. The van der Waals surface area contributed by atoms with E-state index < -0.39 is 0 Å².